The molecule has 1 atom stereocenters. The van der Waals surface area contributed by atoms with Crippen LogP contribution in [0.25, 0.3) is 0 Å². The van der Waals surface area contributed by atoms with Crippen molar-refractivity contribution in [2.45, 2.75) is 44.6 Å². The zero-order valence-corrected chi connectivity index (χ0v) is 13.2. The third kappa shape index (κ3) is 2.65. The van der Waals surface area contributed by atoms with Crippen LogP contribution in [-0.2, 0) is 0 Å². The molecule has 0 amide bonds. The van der Waals surface area contributed by atoms with E-state index in [-0.39, 0.29) is 6.04 Å². The lowest BCUT2D eigenvalue weighted by atomic mass is 9.97. The van der Waals surface area contributed by atoms with Crippen molar-refractivity contribution in [2.24, 2.45) is 0 Å². The lowest BCUT2D eigenvalue weighted by Crippen LogP contribution is -2.19. The fraction of sp³-hybridized carbons (Fsp3) is 0.471. The second-order valence-corrected chi connectivity index (χ2v) is 6.78. The number of aromatic nitrogens is 1. The van der Waals surface area contributed by atoms with Gasteiger partial charge < -0.3 is 5.32 Å². The number of hydrogen-bond donors (Lipinski definition) is 1. The first kappa shape index (κ1) is 13.8. The molecule has 20 heavy (non-hydrogen) atoms. The van der Waals surface area contributed by atoms with E-state index in [1.807, 2.05) is 7.05 Å². The Morgan fingerprint density at radius 2 is 2.00 bits per heavy atom. The second-order valence-electron chi connectivity index (χ2n) is 5.89. The normalized spacial score (nSPS) is 16.6. The number of thiazole rings is 1. The molecule has 3 rings (SSSR count). The summed E-state index contributed by atoms with van der Waals surface area (Å²) in [4.78, 5) is 4.83. The highest BCUT2D eigenvalue weighted by Gasteiger charge is 2.29. The molecule has 106 valence electrons. The molecular formula is C17H22N2S. The van der Waals surface area contributed by atoms with E-state index in [2.05, 4.69) is 48.8 Å². The first-order valence-electron chi connectivity index (χ1n) is 7.42. The maximum Gasteiger partial charge on any atom is 0.114 e. The maximum atomic E-state index is 4.83. The van der Waals surface area contributed by atoms with Crippen molar-refractivity contribution in [3.05, 3.63) is 51.5 Å². The minimum Gasteiger partial charge on any atom is -0.307 e. The van der Waals surface area contributed by atoms with Crippen LogP contribution in [0.1, 0.15) is 66.4 Å². The topological polar surface area (TPSA) is 24.9 Å². The summed E-state index contributed by atoms with van der Waals surface area (Å²) in [6.45, 7) is 4.40. The highest BCUT2D eigenvalue weighted by molar-refractivity contribution is 7.09. The number of nitrogens with one attached hydrogen (secondary N) is 1. The smallest absolute Gasteiger partial charge is 0.114 e. The van der Waals surface area contributed by atoms with Crippen LogP contribution in [0.5, 0.6) is 0 Å². The Hall–Kier alpha value is -1.19. The van der Waals surface area contributed by atoms with Gasteiger partial charge in [-0.2, -0.15) is 0 Å². The summed E-state index contributed by atoms with van der Waals surface area (Å²) < 4.78 is 0. The first-order valence-corrected chi connectivity index (χ1v) is 8.30. The highest BCUT2D eigenvalue weighted by Crippen LogP contribution is 2.44. The molecule has 0 spiro atoms. The van der Waals surface area contributed by atoms with Crippen LogP contribution in [0.15, 0.2) is 29.6 Å². The van der Waals surface area contributed by atoms with Gasteiger partial charge in [-0.15, -0.1) is 11.3 Å². The van der Waals surface area contributed by atoms with Crippen LogP contribution >= 0.6 is 11.3 Å². The van der Waals surface area contributed by atoms with Gasteiger partial charge in [0, 0.05) is 5.38 Å². The van der Waals surface area contributed by atoms with Gasteiger partial charge in [0.2, 0.25) is 0 Å². The molecule has 1 fully saturated rings. The summed E-state index contributed by atoms with van der Waals surface area (Å²) >= 11 is 1.77. The van der Waals surface area contributed by atoms with E-state index >= 15 is 0 Å². The Kier molecular flexibility index (Phi) is 3.90. The number of hydrogen-bond acceptors (Lipinski definition) is 3. The van der Waals surface area contributed by atoms with Gasteiger partial charge in [-0.05, 0) is 42.9 Å². The van der Waals surface area contributed by atoms with Crippen molar-refractivity contribution in [3.63, 3.8) is 0 Å². The largest absolute Gasteiger partial charge is 0.307 e. The fourth-order valence-electron chi connectivity index (χ4n) is 2.65. The Morgan fingerprint density at radius 1 is 1.25 bits per heavy atom. The summed E-state index contributed by atoms with van der Waals surface area (Å²) in [5.41, 5.74) is 4.12. The van der Waals surface area contributed by atoms with E-state index in [0.29, 0.717) is 5.92 Å². The molecule has 3 heteroatoms. The molecule has 0 aliphatic heterocycles. The van der Waals surface area contributed by atoms with Crippen LogP contribution in [0, 0.1) is 0 Å². The third-order valence-electron chi connectivity index (χ3n) is 3.99. The van der Waals surface area contributed by atoms with Gasteiger partial charge >= 0.3 is 0 Å². The molecular weight excluding hydrogens is 264 g/mol. The Morgan fingerprint density at radius 3 is 2.60 bits per heavy atom. The molecule has 0 radical (unpaired) electrons. The van der Waals surface area contributed by atoms with Crippen molar-refractivity contribution < 1.29 is 0 Å². The van der Waals surface area contributed by atoms with E-state index < -0.39 is 0 Å². The lowest BCUT2D eigenvalue weighted by Gasteiger charge is -2.18. The standard InChI is InChI=1S/C17H22N2S/c1-11(2)15-10-20-17(19-15)16(18-3)14-7-5-4-6-13(14)12-8-9-12/h4-7,10-12,16,18H,8-9H2,1-3H3. The molecule has 2 aromatic rings. The maximum absolute atomic E-state index is 4.83. The molecule has 2 nitrogen and oxygen atoms in total. The van der Waals surface area contributed by atoms with Crippen molar-refractivity contribution >= 4 is 11.3 Å². The van der Waals surface area contributed by atoms with Gasteiger partial charge in [-0.3, -0.25) is 0 Å². The molecule has 0 bridgehead atoms. The minimum absolute atomic E-state index is 0.226. The van der Waals surface area contributed by atoms with Gasteiger partial charge in [-0.25, -0.2) is 4.98 Å². The van der Waals surface area contributed by atoms with Crippen LogP contribution in [0.4, 0.5) is 0 Å². The molecule has 1 aliphatic rings. The van der Waals surface area contributed by atoms with Crippen molar-refractivity contribution in [1.82, 2.24) is 10.3 Å². The predicted octanol–water partition coefficient (Wildman–Crippen LogP) is 4.45. The summed E-state index contributed by atoms with van der Waals surface area (Å²) in [5.74, 6) is 1.27. The van der Waals surface area contributed by atoms with Crippen LogP contribution in [-0.4, -0.2) is 12.0 Å². The average Bonchev–Trinajstić information content (AvgIpc) is 3.18. The molecule has 1 heterocycles. The average molecular weight is 286 g/mol. The molecule has 1 aromatic carbocycles. The summed E-state index contributed by atoms with van der Waals surface area (Å²) in [5, 5.41) is 6.84. The molecule has 1 aromatic heterocycles. The molecule has 0 saturated heterocycles. The van der Waals surface area contributed by atoms with Gasteiger partial charge in [0.15, 0.2) is 0 Å². The second kappa shape index (κ2) is 5.66. The number of benzene rings is 1. The summed E-state index contributed by atoms with van der Waals surface area (Å²) in [6, 6.07) is 9.07. The predicted molar refractivity (Wildman–Crippen MR) is 85.5 cm³/mol. The molecule has 1 aliphatic carbocycles. The Balaban J connectivity index is 1.96. The van der Waals surface area contributed by atoms with E-state index in [9.17, 15) is 0 Å². The fourth-order valence-corrected chi connectivity index (χ4v) is 3.76. The van der Waals surface area contributed by atoms with Crippen LogP contribution < -0.4 is 5.32 Å². The van der Waals surface area contributed by atoms with E-state index in [4.69, 9.17) is 4.98 Å². The zero-order chi connectivity index (χ0) is 14.1. The monoisotopic (exact) mass is 286 g/mol. The van der Waals surface area contributed by atoms with Crippen molar-refractivity contribution in [3.8, 4) is 0 Å². The quantitative estimate of drug-likeness (QED) is 0.878. The Bertz CT molecular complexity index is 584. The lowest BCUT2D eigenvalue weighted by molar-refractivity contribution is 0.671. The Labute approximate surface area is 125 Å². The van der Waals surface area contributed by atoms with Crippen LogP contribution in [0.3, 0.4) is 0 Å². The number of nitrogens with zero attached hydrogens (tertiary/aromatic N) is 1. The minimum atomic E-state index is 0.226. The molecule has 1 N–H and O–H groups in total. The van der Waals surface area contributed by atoms with Gasteiger partial charge in [-0.1, -0.05) is 38.1 Å². The zero-order valence-electron chi connectivity index (χ0n) is 12.4. The number of rotatable bonds is 5. The van der Waals surface area contributed by atoms with E-state index in [0.717, 1.165) is 5.92 Å². The van der Waals surface area contributed by atoms with Crippen LogP contribution in [0.2, 0.25) is 0 Å². The third-order valence-corrected chi connectivity index (χ3v) is 4.92. The van der Waals surface area contributed by atoms with E-state index in [1.54, 1.807) is 11.3 Å². The summed E-state index contributed by atoms with van der Waals surface area (Å²) in [6.07, 6.45) is 2.67. The van der Waals surface area contributed by atoms with Gasteiger partial charge in [0.1, 0.15) is 5.01 Å². The highest BCUT2D eigenvalue weighted by atomic mass is 32.1. The van der Waals surface area contributed by atoms with E-state index in [1.165, 1.54) is 34.7 Å². The van der Waals surface area contributed by atoms with Crippen molar-refractivity contribution in [2.75, 3.05) is 7.05 Å². The van der Waals surface area contributed by atoms with Gasteiger partial charge in [0.05, 0.1) is 11.7 Å². The molecule has 1 saturated carbocycles. The molecule has 1 unspecified atom stereocenters. The van der Waals surface area contributed by atoms with Crippen molar-refractivity contribution in [1.29, 1.82) is 0 Å². The summed E-state index contributed by atoms with van der Waals surface area (Å²) in [7, 11) is 2.03. The first-order chi connectivity index (χ1) is 9.70. The SMILES string of the molecule is CNC(c1nc(C(C)C)cs1)c1ccccc1C1CC1. The van der Waals surface area contributed by atoms with Gasteiger partial charge in [0.25, 0.3) is 0 Å².